The summed E-state index contributed by atoms with van der Waals surface area (Å²) in [6, 6.07) is 11.3. The molecule has 1 heterocycles. The molecule has 1 N–H and O–H groups in total. The van der Waals surface area contributed by atoms with Crippen molar-refractivity contribution in [3.05, 3.63) is 63.9 Å². The van der Waals surface area contributed by atoms with Crippen LogP contribution in [0.15, 0.2) is 41.6 Å². The lowest BCUT2D eigenvalue weighted by molar-refractivity contribution is -0.119. The molecular formula is C18H20ClN3O2. The fourth-order valence-corrected chi connectivity index (χ4v) is 2.27. The van der Waals surface area contributed by atoms with Gasteiger partial charge in [-0.1, -0.05) is 28.9 Å². The SMILES string of the molecule is CC(=O)NCc1cc(/C(C)=N/OCc2cccc(C)n2)ccc1Cl. The first-order valence-corrected chi connectivity index (χ1v) is 7.96. The molecule has 0 aliphatic rings. The van der Waals surface area contributed by atoms with E-state index in [0.717, 1.165) is 28.2 Å². The van der Waals surface area contributed by atoms with Gasteiger partial charge in [-0.15, -0.1) is 0 Å². The lowest BCUT2D eigenvalue weighted by atomic mass is 10.1. The number of benzene rings is 1. The molecule has 24 heavy (non-hydrogen) atoms. The third-order valence-corrected chi connectivity index (χ3v) is 3.72. The molecule has 0 atom stereocenters. The standard InChI is InChI=1S/C18H20ClN3O2/c1-12-5-4-6-17(21-12)11-24-22-13(2)15-7-8-18(19)16(9-15)10-20-14(3)23/h4-9H,10-11H2,1-3H3,(H,20,23)/b22-13+. The molecule has 126 valence electrons. The minimum absolute atomic E-state index is 0.101. The number of halogens is 1. The average Bonchev–Trinajstić information content (AvgIpc) is 2.54. The average molecular weight is 346 g/mol. The number of aromatic nitrogens is 1. The number of pyridine rings is 1. The fraction of sp³-hybridized carbons (Fsp3) is 0.278. The van der Waals surface area contributed by atoms with Crippen molar-refractivity contribution in [3.63, 3.8) is 0 Å². The summed E-state index contributed by atoms with van der Waals surface area (Å²) in [7, 11) is 0. The van der Waals surface area contributed by atoms with Crippen LogP contribution in [0, 0.1) is 6.92 Å². The number of nitrogens with one attached hydrogen (secondary N) is 1. The number of amides is 1. The molecule has 0 aliphatic heterocycles. The van der Waals surface area contributed by atoms with E-state index in [1.165, 1.54) is 6.92 Å². The van der Waals surface area contributed by atoms with Gasteiger partial charge in [-0.3, -0.25) is 9.78 Å². The Hall–Kier alpha value is -2.40. The van der Waals surface area contributed by atoms with Crippen molar-refractivity contribution in [2.45, 2.75) is 33.9 Å². The van der Waals surface area contributed by atoms with Crippen molar-refractivity contribution in [2.75, 3.05) is 0 Å². The molecule has 5 nitrogen and oxygen atoms in total. The summed E-state index contributed by atoms with van der Waals surface area (Å²) in [5.74, 6) is -0.101. The second kappa shape index (κ2) is 8.45. The van der Waals surface area contributed by atoms with Gasteiger partial charge in [-0.25, -0.2) is 0 Å². The zero-order chi connectivity index (χ0) is 17.5. The van der Waals surface area contributed by atoms with Crippen LogP contribution in [0.2, 0.25) is 5.02 Å². The monoisotopic (exact) mass is 345 g/mol. The number of oxime groups is 1. The maximum atomic E-state index is 11.0. The Morgan fingerprint density at radius 1 is 1.29 bits per heavy atom. The third kappa shape index (κ3) is 5.35. The van der Waals surface area contributed by atoms with Crippen LogP contribution < -0.4 is 5.32 Å². The normalized spacial score (nSPS) is 11.2. The van der Waals surface area contributed by atoms with E-state index in [2.05, 4.69) is 15.5 Å². The summed E-state index contributed by atoms with van der Waals surface area (Å²) in [5.41, 5.74) is 4.21. The molecule has 0 saturated heterocycles. The molecular weight excluding hydrogens is 326 g/mol. The molecule has 0 aliphatic carbocycles. The van der Waals surface area contributed by atoms with Crippen LogP contribution in [-0.4, -0.2) is 16.6 Å². The molecule has 0 radical (unpaired) electrons. The first-order valence-electron chi connectivity index (χ1n) is 7.58. The minimum Gasteiger partial charge on any atom is -0.389 e. The summed E-state index contributed by atoms with van der Waals surface area (Å²) >= 11 is 6.15. The number of hydrogen-bond donors (Lipinski definition) is 1. The van der Waals surface area contributed by atoms with E-state index in [-0.39, 0.29) is 5.91 Å². The van der Waals surface area contributed by atoms with E-state index < -0.39 is 0 Å². The Bertz CT molecular complexity index is 760. The Balaban J connectivity index is 2.04. The van der Waals surface area contributed by atoms with Crippen LogP contribution in [0.4, 0.5) is 0 Å². The van der Waals surface area contributed by atoms with Crippen molar-refractivity contribution in [2.24, 2.45) is 5.16 Å². The van der Waals surface area contributed by atoms with Crippen LogP contribution in [0.1, 0.15) is 36.4 Å². The second-order valence-electron chi connectivity index (χ2n) is 5.44. The molecule has 0 saturated carbocycles. The maximum Gasteiger partial charge on any atom is 0.217 e. The molecule has 2 rings (SSSR count). The smallest absolute Gasteiger partial charge is 0.217 e. The lowest BCUT2D eigenvalue weighted by Gasteiger charge is -2.08. The van der Waals surface area contributed by atoms with Crippen molar-refractivity contribution >= 4 is 23.2 Å². The van der Waals surface area contributed by atoms with Crippen molar-refractivity contribution in [1.29, 1.82) is 0 Å². The van der Waals surface area contributed by atoms with Crippen LogP contribution in [0.5, 0.6) is 0 Å². The summed E-state index contributed by atoms with van der Waals surface area (Å²) < 4.78 is 0. The summed E-state index contributed by atoms with van der Waals surface area (Å²) in [6.45, 7) is 5.95. The minimum atomic E-state index is -0.101. The highest BCUT2D eigenvalue weighted by atomic mass is 35.5. The molecule has 1 aromatic heterocycles. The van der Waals surface area contributed by atoms with Crippen LogP contribution in [0.25, 0.3) is 0 Å². The first kappa shape index (κ1) is 17.9. The van der Waals surface area contributed by atoms with Gasteiger partial charge >= 0.3 is 0 Å². The van der Waals surface area contributed by atoms with Crippen LogP contribution in [-0.2, 0) is 22.8 Å². The summed E-state index contributed by atoms with van der Waals surface area (Å²) in [4.78, 5) is 20.8. The van der Waals surface area contributed by atoms with Gasteiger partial charge in [0.1, 0.15) is 0 Å². The number of carbonyl (C=O) groups is 1. The van der Waals surface area contributed by atoms with Crippen molar-refractivity contribution < 1.29 is 9.63 Å². The van der Waals surface area contributed by atoms with Gasteiger partial charge < -0.3 is 10.2 Å². The van der Waals surface area contributed by atoms with E-state index in [9.17, 15) is 4.79 Å². The zero-order valence-corrected chi connectivity index (χ0v) is 14.7. The highest BCUT2D eigenvalue weighted by Gasteiger charge is 2.06. The van der Waals surface area contributed by atoms with E-state index in [1.807, 2.05) is 44.2 Å². The largest absolute Gasteiger partial charge is 0.389 e. The van der Waals surface area contributed by atoms with E-state index in [0.29, 0.717) is 18.2 Å². The number of carbonyl (C=O) groups excluding carboxylic acids is 1. The third-order valence-electron chi connectivity index (χ3n) is 3.35. The van der Waals surface area contributed by atoms with Gasteiger partial charge in [0.2, 0.25) is 5.91 Å². The molecule has 1 amide bonds. The molecule has 1 aromatic carbocycles. The lowest BCUT2D eigenvalue weighted by Crippen LogP contribution is -2.19. The van der Waals surface area contributed by atoms with Gasteiger partial charge in [0.25, 0.3) is 0 Å². The number of aryl methyl sites for hydroxylation is 1. The predicted octanol–water partition coefficient (Wildman–Crippen LogP) is 3.62. The fourth-order valence-electron chi connectivity index (χ4n) is 2.08. The predicted molar refractivity (Wildman–Crippen MR) is 94.9 cm³/mol. The topological polar surface area (TPSA) is 63.6 Å². The molecule has 0 bridgehead atoms. The van der Waals surface area contributed by atoms with Gasteiger partial charge in [-0.05, 0) is 49.2 Å². The van der Waals surface area contributed by atoms with E-state index >= 15 is 0 Å². The van der Waals surface area contributed by atoms with E-state index in [4.69, 9.17) is 16.4 Å². The Morgan fingerprint density at radius 2 is 2.08 bits per heavy atom. The number of hydrogen-bond acceptors (Lipinski definition) is 4. The Kier molecular flexibility index (Phi) is 6.32. The Labute approximate surface area is 146 Å². The van der Waals surface area contributed by atoms with Gasteiger partial charge in [-0.2, -0.15) is 0 Å². The van der Waals surface area contributed by atoms with Gasteiger partial charge in [0.15, 0.2) is 6.61 Å². The van der Waals surface area contributed by atoms with Crippen LogP contribution >= 0.6 is 11.6 Å². The van der Waals surface area contributed by atoms with Crippen molar-refractivity contribution in [3.8, 4) is 0 Å². The van der Waals surface area contributed by atoms with Crippen molar-refractivity contribution in [1.82, 2.24) is 10.3 Å². The molecule has 0 unspecified atom stereocenters. The maximum absolute atomic E-state index is 11.0. The zero-order valence-electron chi connectivity index (χ0n) is 14.0. The molecule has 2 aromatic rings. The van der Waals surface area contributed by atoms with Gasteiger partial charge in [0, 0.05) is 24.2 Å². The molecule has 0 spiro atoms. The highest BCUT2D eigenvalue weighted by molar-refractivity contribution is 6.31. The number of rotatable bonds is 6. The highest BCUT2D eigenvalue weighted by Crippen LogP contribution is 2.18. The van der Waals surface area contributed by atoms with Gasteiger partial charge in [0.05, 0.1) is 11.4 Å². The second-order valence-corrected chi connectivity index (χ2v) is 5.84. The Morgan fingerprint density at radius 3 is 2.79 bits per heavy atom. The summed E-state index contributed by atoms with van der Waals surface area (Å²) in [5, 5.41) is 7.47. The quantitative estimate of drug-likeness (QED) is 0.642. The molecule has 6 heteroatoms. The summed E-state index contributed by atoms with van der Waals surface area (Å²) in [6.07, 6.45) is 0. The first-order chi connectivity index (χ1) is 11.5. The van der Waals surface area contributed by atoms with E-state index in [1.54, 1.807) is 6.07 Å². The van der Waals surface area contributed by atoms with Crippen LogP contribution in [0.3, 0.4) is 0 Å². The number of nitrogens with zero attached hydrogens (tertiary/aromatic N) is 2. The molecule has 0 fully saturated rings.